The number of aliphatic hydroxyl groups is 1. The highest BCUT2D eigenvalue weighted by molar-refractivity contribution is 5.37. The summed E-state index contributed by atoms with van der Waals surface area (Å²) in [5.74, 6) is -0.119. The van der Waals surface area contributed by atoms with Crippen molar-refractivity contribution >= 4 is 5.69 Å². The first-order valence-corrected chi connectivity index (χ1v) is 6.31. The first-order chi connectivity index (χ1) is 9.97. The second-order valence-corrected chi connectivity index (χ2v) is 4.57. The molecule has 0 bridgehead atoms. The zero-order valence-electron chi connectivity index (χ0n) is 11.3. The van der Waals surface area contributed by atoms with E-state index in [1.54, 1.807) is 12.1 Å². The number of nitro benzene ring substituents is 1. The first kappa shape index (κ1) is 14.9. The molecule has 110 valence electrons. The molecule has 0 amide bonds. The molecule has 0 unspecified atom stereocenters. The number of hydrogen-bond donors (Lipinski definition) is 1. The summed E-state index contributed by atoms with van der Waals surface area (Å²) in [6.07, 6.45) is -0.874. The summed E-state index contributed by atoms with van der Waals surface area (Å²) in [7, 11) is 0. The maximum absolute atomic E-state index is 13.2. The van der Waals surface area contributed by atoms with E-state index < -0.39 is 16.8 Å². The number of non-ortho nitro benzene ring substituents is 1. The minimum Gasteiger partial charge on any atom is -0.489 e. The van der Waals surface area contributed by atoms with Crippen LogP contribution in [0.5, 0.6) is 5.75 Å². The molecule has 0 aliphatic heterocycles. The zero-order chi connectivity index (χ0) is 15.4. The fraction of sp³-hybridized carbons (Fsp3) is 0.200. The molecule has 0 spiro atoms. The molecular weight excluding hydrogens is 277 g/mol. The number of halogens is 1. The molecule has 6 heteroatoms. The van der Waals surface area contributed by atoms with Gasteiger partial charge >= 0.3 is 0 Å². The van der Waals surface area contributed by atoms with Crippen LogP contribution in [0.3, 0.4) is 0 Å². The predicted octanol–water partition coefficient (Wildman–Crippen LogP) is 3.37. The Morgan fingerprint density at radius 2 is 2.10 bits per heavy atom. The van der Waals surface area contributed by atoms with E-state index in [1.165, 1.54) is 37.3 Å². The summed E-state index contributed by atoms with van der Waals surface area (Å²) < 4.78 is 18.7. The largest absolute Gasteiger partial charge is 0.489 e. The van der Waals surface area contributed by atoms with E-state index in [-0.39, 0.29) is 12.3 Å². The Kier molecular flexibility index (Phi) is 4.49. The molecule has 0 heterocycles. The molecular formula is C15H14FNO4. The Labute approximate surface area is 120 Å². The average molecular weight is 291 g/mol. The van der Waals surface area contributed by atoms with Crippen LogP contribution in [0.25, 0.3) is 0 Å². The van der Waals surface area contributed by atoms with Crippen molar-refractivity contribution in [1.29, 1.82) is 0 Å². The van der Waals surface area contributed by atoms with Gasteiger partial charge in [0.05, 0.1) is 11.0 Å². The van der Waals surface area contributed by atoms with Crippen molar-refractivity contribution < 1.29 is 19.2 Å². The summed E-state index contributed by atoms with van der Waals surface area (Å²) in [6.45, 7) is 1.60. The van der Waals surface area contributed by atoms with Crippen molar-refractivity contribution in [1.82, 2.24) is 0 Å². The summed E-state index contributed by atoms with van der Waals surface area (Å²) in [6, 6.07) is 9.92. The standard InChI is InChI=1S/C15H14FNO4/c1-10(18)14-8-12(16)5-6-15(14)21-9-11-3-2-4-13(7-11)17(19)20/h2-8,10,18H,9H2,1H3/t10-/m1/s1. The Morgan fingerprint density at radius 3 is 2.76 bits per heavy atom. The van der Waals surface area contributed by atoms with Crippen LogP contribution in [0.2, 0.25) is 0 Å². The van der Waals surface area contributed by atoms with Gasteiger partial charge < -0.3 is 9.84 Å². The molecule has 0 fully saturated rings. The lowest BCUT2D eigenvalue weighted by molar-refractivity contribution is -0.384. The smallest absolute Gasteiger partial charge is 0.269 e. The van der Waals surface area contributed by atoms with Crippen LogP contribution in [0, 0.1) is 15.9 Å². The lowest BCUT2D eigenvalue weighted by Crippen LogP contribution is -2.02. The maximum Gasteiger partial charge on any atom is 0.269 e. The molecule has 21 heavy (non-hydrogen) atoms. The number of hydrogen-bond acceptors (Lipinski definition) is 4. The molecule has 5 nitrogen and oxygen atoms in total. The van der Waals surface area contributed by atoms with Gasteiger partial charge in [0.2, 0.25) is 0 Å². The minimum absolute atomic E-state index is 0.0223. The van der Waals surface area contributed by atoms with E-state index in [9.17, 15) is 19.6 Å². The van der Waals surface area contributed by atoms with Crippen molar-refractivity contribution in [3.63, 3.8) is 0 Å². The second kappa shape index (κ2) is 6.32. The summed E-state index contributed by atoms with van der Waals surface area (Å²) >= 11 is 0. The van der Waals surface area contributed by atoms with E-state index in [0.29, 0.717) is 16.9 Å². The molecule has 2 aromatic rings. The van der Waals surface area contributed by atoms with Gasteiger partial charge in [0, 0.05) is 17.7 Å². The molecule has 2 aromatic carbocycles. The number of benzene rings is 2. The Hall–Kier alpha value is -2.47. The van der Waals surface area contributed by atoms with Crippen molar-refractivity contribution in [3.05, 3.63) is 69.5 Å². The van der Waals surface area contributed by atoms with Crippen molar-refractivity contribution in [3.8, 4) is 5.75 Å². The Morgan fingerprint density at radius 1 is 1.33 bits per heavy atom. The minimum atomic E-state index is -0.874. The van der Waals surface area contributed by atoms with Gasteiger partial charge in [0.15, 0.2) is 0 Å². The summed E-state index contributed by atoms with van der Waals surface area (Å²) in [5, 5.41) is 20.3. The third-order valence-electron chi connectivity index (χ3n) is 2.94. The van der Waals surface area contributed by atoms with E-state index in [4.69, 9.17) is 4.74 Å². The monoisotopic (exact) mass is 291 g/mol. The van der Waals surface area contributed by atoms with Crippen LogP contribution in [-0.4, -0.2) is 10.0 Å². The first-order valence-electron chi connectivity index (χ1n) is 6.31. The molecule has 2 rings (SSSR count). The average Bonchev–Trinajstić information content (AvgIpc) is 2.46. The third kappa shape index (κ3) is 3.76. The fourth-order valence-electron chi connectivity index (χ4n) is 1.90. The Bertz CT molecular complexity index is 658. The molecule has 0 saturated carbocycles. The molecule has 0 aliphatic rings. The van der Waals surface area contributed by atoms with Crippen LogP contribution in [0.1, 0.15) is 24.2 Å². The number of nitrogens with zero attached hydrogens (tertiary/aromatic N) is 1. The molecule has 0 radical (unpaired) electrons. The summed E-state index contributed by atoms with van der Waals surface area (Å²) in [5.41, 5.74) is 0.927. The SMILES string of the molecule is C[C@@H](O)c1cc(F)ccc1OCc1cccc([N+](=O)[O-])c1. The molecule has 0 saturated heterocycles. The van der Waals surface area contributed by atoms with Gasteiger partial charge in [-0.2, -0.15) is 0 Å². The van der Waals surface area contributed by atoms with E-state index >= 15 is 0 Å². The van der Waals surface area contributed by atoms with E-state index in [1.807, 2.05) is 0 Å². The highest BCUT2D eigenvalue weighted by Crippen LogP contribution is 2.27. The quantitative estimate of drug-likeness (QED) is 0.677. The topological polar surface area (TPSA) is 72.6 Å². The van der Waals surface area contributed by atoms with Crippen molar-refractivity contribution in [2.75, 3.05) is 0 Å². The van der Waals surface area contributed by atoms with Crippen LogP contribution in [0.15, 0.2) is 42.5 Å². The number of aliphatic hydroxyl groups excluding tert-OH is 1. The van der Waals surface area contributed by atoms with Crippen LogP contribution >= 0.6 is 0 Å². The van der Waals surface area contributed by atoms with Gasteiger partial charge in [-0.05, 0) is 30.7 Å². The van der Waals surface area contributed by atoms with Crippen molar-refractivity contribution in [2.45, 2.75) is 19.6 Å². The predicted molar refractivity (Wildman–Crippen MR) is 74.5 cm³/mol. The lowest BCUT2D eigenvalue weighted by Gasteiger charge is -2.13. The molecule has 0 aromatic heterocycles. The molecule has 0 aliphatic carbocycles. The Balaban J connectivity index is 2.16. The van der Waals surface area contributed by atoms with E-state index in [2.05, 4.69) is 0 Å². The van der Waals surface area contributed by atoms with Gasteiger partial charge in [0.1, 0.15) is 18.2 Å². The lowest BCUT2D eigenvalue weighted by atomic mass is 10.1. The van der Waals surface area contributed by atoms with Crippen LogP contribution in [0.4, 0.5) is 10.1 Å². The molecule has 1 N–H and O–H groups in total. The number of nitro groups is 1. The highest BCUT2D eigenvalue weighted by Gasteiger charge is 2.11. The van der Waals surface area contributed by atoms with Gasteiger partial charge in [0.25, 0.3) is 5.69 Å². The fourth-order valence-corrected chi connectivity index (χ4v) is 1.90. The number of rotatable bonds is 5. The normalized spacial score (nSPS) is 12.0. The maximum atomic E-state index is 13.2. The van der Waals surface area contributed by atoms with Crippen LogP contribution < -0.4 is 4.74 Å². The third-order valence-corrected chi connectivity index (χ3v) is 2.94. The van der Waals surface area contributed by atoms with E-state index in [0.717, 1.165) is 0 Å². The van der Waals surface area contributed by atoms with Crippen LogP contribution in [-0.2, 0) is 6.61 Å². The van der Waals surface area contributed by atoms with Gasteiger partial charge in [-0.3, -0.25) is 10.1 Å². The highest BCUT2D eigenvalue weighted by atomic mass is 19.1. The number of ether oxygens (including phenoxy) is 1. The van der Waals surface area contributed by atoms with Gasteiger partial charge in [-0.1, -0.05) is 12.1 Å². The summed E-state index contributed by atoms with van der Waals surface area (Å²) in [4.78, 5) is 10.2. The zero-order valence-corrected chi connectivity index (χ0v) is 11.3. The molecule has 1 atom stereocenters. The second-order valence-electron chi connectivity index (χ2n) is 4.57. The van der Waals surface area contributed by atoms with Gasteiger partial charge in [-0.15, -0.1) is 0 Å². The van der Waals surface area contributed by atoms with Gasteiger partial charge in [-0.25, -0.2) is 4.39 Å². The van der Waals surface area contributed by atoms with Crippen molar-refractivity contribution in [2.24, 2.45) is 0 Å².